The van der Waals surface area contributed by atoms with Gasteiger partial charge in [-0.2, -0.15) is 0 Å². The molecule has 5 nitrogen and oxygen atoms in total. The molecule has 1 aliphatic rings. The summed E-state index contributed by atoms with van der Waals surface area (Å²) in [5.41, 5.74) is 0.491. The van der Waals surface area contributed by atoms with Crippen LogP contribution in [-0.4, -0.2) is 33.3 Å². The number of carbonyl (C=O) groups is 1. The molecule has 4 heterocycles. The van der Waals surface area contributed by atoms with E-state index in [1.165, 1.54) is 22.2 Å². The first kappa shape index (κ1) is 14.4. The normalized spacial score (nSPS) is 18.7. The van der Waals surface area contributed by atoms with Gasteiger partial charge in [0, 0.05) is 19.3 Å². The van der Waals surface area contributed by atoms with E-state index in [0.717, 1.165) is 19.5 Å². The third-order valence-corrected chi connectivity index (χ3v) is 5.39. The first-order valence-electron chi connectivity index (χ1n) is 7.84. The number of nitrogens with zero attached hydrogens (tertiary/aromatic N) is 3. The molecule has 1 aliphatic heterocycles. The van der Waals surface area contributed by atoms with Crippen molar-refractivity contribution in [3.05, 3.63) is 45.7 Å². The smallest absolute Gasteiger partial charge is 0.266 e. The maximum atomic E-state index is 12.7. The van der Waals surface area contributed by atoms with Crippen molar-refractivity contribution in [3.8, 4) is 0 Å². The molecular formula is C17H17N3O2S. The molecule has 1 atom stereocenters. The lowest BCUT2D eigenvalue weighted by Crippen LogP contribution is -2.38. The lowest BCUT2D eigenvalue weighted by atomic mass is 10.0. The van der Waals surface area contributed by atoms with E-state index in [0.29, 0.717) is 26.7 Å². The van der Waals surface area contributed by atoms with E-state index in [1.54, 1.807) is 24.4 Å². The number of fused-ring (bicyclic) bond motifs is 2. The zero-order valence-electron chi connectivity index (χ0n) is 12.9. The number of amides is 1. The zero-order valence-corrected chi connectivity index (χ0v) is 13.7. The van der Waals surface area contributed by atoms with Crippen molar-refractivity contribution in [1.82, 2.24) is 14.3 Å². The number of piperidine rings is 1. The van der Waals surface area contributed by atoms with Gasteiger partial charge in [0.1, 0.15) is 10.5 Å². The number of aromatic nitrogens is 2. The van der Waals surface area contributed by atoms with Crippen LogP contribution in [0, 0.1) is 5.92 Å². The van der Waals surface area contributed by atoms with Gasteiger partial charge >= 0.3 is 0 Å². The maximum Gasteiger partial charge on any atom is 0.266 e. The number of pyridine rings is 1. The predicted molar refractivity (Wildman–Crippen MR) is 91.1 cm³/mol. The minimum Gasteiger partial charge on any atom is -0.338 e. The summed E-state index contributed by atoms with van der Waals surface area (Å²) < 4.78 is 1.52. The van der Waals surface area contributed by atoms with Crippen molar-refractivity contribution in [2.75, 3.05) is 13.1 Å². The van der Waals surface area contributed by atoms with Crippen LogP contribution < -0.4 is 5.56 Å². The Balaban J connectivity index is 1.79. The predicted octanol–water partition coefficient (Wildman–Crippen LogP) is 2.78. The fourth-order valence-electron chi connectivity index (χ4n) is 3.18. The van der Waals surface area contributed by atoms with Gasteiger partial charge in [0.15, 0.2) is 0 Å². The molecule has 0 unspecified atom stereocenters. The van der Waals surface area contributed by atoms with E-state index in [4.69, 9.17) is 0 Å². The van der Waals surface area contributed by atoms with E-state index >= 15 is 0 Å². The highest BCUT2D eigenvalue weighted by atomic mass is 32.1. The van der Waals surface area contributed by atoms with Crippen molar-refractivity contribution < 1.29 is 4.79 Å². The van der Waals surface area contributed by atoms with Crippen LogP contribution in [0.3, 0.4) is 0 Å². The molecule has 0 saturated carbocycles. The lowest BCUT2D eigenvalue weighted by molar-refractivity contribution is 0.0688. The number of rotatable bonds is 1. The van der Waals surface area contributed by atoms with Crippen LogP contribution in [0.2, 0.25) is 0 Å². The topological polar surface area (TPSA) is 54.7 Å². The van der Waals surface area contributed by atoms with E-state index in [1.807, 2.05) is 11.0 Å². The summed E-state index contributed by atoms with van der Waals surface area (Å²) in [4.78, 5) is 32.9. The summed E-state index contributed by atoms with van der Waals surface area (Å²) in [6.07, 6.45) is 3.92. The maximum absolute atomic E-state index is 12.7. The van der Waals surface area contributed by atoms with Crippen molar-refractivity contribution in [1.29, 1.82) is 0 Å². The SMILES string of the molecule is C[C@H]1CCCN(C(=O)c2cc3c(=O)n4ccccc4nc3s2)C1. The summed E-state index contributed by atoms with van der Waals surface area (Å²) >= 11 is 1.31. The van der Waals surface area contributed by atoms with E-state index < -0.39 is 0 Å². The molecule has 1 fully saturated rings. The zero-order chi connectivity index (χ0) is 16.0. The average Bonchev–Trinajstić information content (AvgIpc) is 2.99. The molecule has 0 aromatic carbocycles. The van der Waals surface area contributed by atoms with Gasteiger partial charge in [-0.3, -0.25) is 14.0 Å². The molecule has 0 spiro atoms. The first-order valence-corrected chi connectivity index (χ1v) is 8.65. The van der Waals surface area contributed by atoms with Crippen molar-refractivity contribution >= 4 is 33.1 Å². The van der Waals surface area contributed by atoms with Crippen LogP contribution in [0.5, 0.6) is 0 Å². The van der Waals surface area contributed by atoms with Crippen molar-refractivity contribution in [3.63, 3.8) is 0 Å². The molecule has 0 bridgehead atoms. The highest BCUT2D eigenvalue weighted by Crippen LogP contribution is 2.25. The molecule has 3 aromatic heterocycles. The summed E-state index contributed by atoms with van der Waals surface area (Å²) in [7, 11) is 0. The van der Waals surface area contributed by atoms with E-state index in [9.17, 15) is 9.59 Å². The standard InChI is InChI=1S/C17H17N3O2S/c1-11-5-4-7-19(10-11)17(22)13-9-12-15(23-13)18-14-6-2-3-8-20(14)16(12)21/h2-3,6,8-9,11H,4-5,7,10H2,1H3/t11-/m0/s1. The van der Waals surface area contributed by atoms with Gasteiger partial charge < -0.3 is 4.90 Å². The quantitative estimate of drug-likeness (QED) is 0.690. The average molecular weight is 327 g/mol. The number of thiophene rings is 1. The third kappa shape index (κ3) is 2.43. The molecule has 0 N–H and O–H groups in total. The number of carbonyl (C=O) groups excluding carboxylic acids is 1. The van der Waals surface area contributed by atoms with Gasteiger partial charge in [-0.05, 0) is 37.0 Å². The largest absolute Gasteiger partial charge is 0.338 e. The second-order valence-corrected chi connectivity index (χ2v) is 7.20. The Bertz CT molecular complexity index is 959. The van der Waals surface area contributed by atoms with Crippen LogP contribution >= 0.6 is 11.3 Å². The Morgan fingerprint density at radius 2 is 2.26 bits per heavy atom. The highest BCUT2D eigenvalue weighted by Gasteiger charge is 2.24. The Morgan fingerprint density at radius 1 is 1.39 bits per heavy atom. The minimum atomic E-state index is -0.118. The number of hydrogen-bond acceptors (Lipinski definition) is 4. The second-order valence-electron chi connectivity index (χ2n) is 6.17. The fraction of sp³-hybridized carbons (Fsp3) is 0.353. The molecule has 0 radical (unpaired) electrons. The molecule has 0 aliphatic carbocycles. The van der Waals surface area contributed by atoms with Gasteiger partial charge in [-0.15, -0.1) is 11.3 Å². The van der Waals surface area contributed by atoms with Gasteiger partial charge in [0.25, 0.3) is 11.5 Å². The van der Waals surface area contributed by atoms with E-state index in [2.05, 4.69) is 11.9 Å². The van der Waals surface area contributed by atoms with Gasteiger partial charge in [0.05, 0.1) is 10.3 Å². The number of likely N-dealkylation sites (tertiary alicyclic amines) is 1. The van der Waals surface area contributed by atoms with Crippen LogP contribution in [0.4, 0.5) is 0 Å². The molecule has 4 rings (SSSR count). The molecule has 1 saturated heterocycles. The Morgan fingerprint density at radius 3 is 3.09 bits per heavy atom. The minimum absolute atomic E-state index is 0.0213. The Hall–Kier alpha value is -2.21. The second kappa shape index (κ2) is 5.45. The monoisotopic (exact) mass is 327 g/mol. The van der Waals surface area contributed by atoms with Crippen LogP contribution in [0.25, 0.3) is 15.9 Å². The molecule has 118 valence electrons. The van der Waals surface area contributed by atoms with Gasteiger partial charge in [-0.25, -0.2) is 4.98 Å². The fourth-order valence-corrected chi connectivity index (χ4v) is 4.18. The molecule has 3 aromatic rings. The van der Waals surface area contributed by atoms with Gasteiger partial charge in [-0.1, -0.05) is 13.0 Å². The lowest BCUT2D eigenvalue weighted by Gasteiger charge is -2.30. The van der Waals surface area contributed by atoms with Crippen LogP contribution in [0.1, 0.15) is 29.4 Å². The first-order chi connectivity index (χ1) is 11.1. The Kier molecular flexibility index (Phi) is 3.41. The number of hydrogen-bond donors (Lipinski definition) is 0. The molecule has 6 heteroatoms. The van der Waals surface area contributed by atoms with Crippen LogP contribution in [0.15, 0.2) is 35.3 Å². The van der Waals surface area contributed by atoms with Gasteiger partial charge in [0.2, 0.25) is 0 Å². The summed E-state index contributed by atoms with van der Waals surface area (Å²) in [5.74, 6) is 0.557. The van der Waals surface area contributed by atoms with Crippen molar-refractivity contribution in [2.24, 2.45) is 5.92 Å². The molecule has 1 amide bonds. The third-order valence-electron chi connectivity index (χ3n) is 4.37. The summed E-state index contributed by atoms with van der Waals surface area (Å²) in [5, 5.41) is 0.520. The summed E-state index contributed by atoms with van der Waals surface area (Å²) in [6, 6.07) is 7.16. The van der Waals surface area contributed by atoms with Crippen molar-refractivity contribution in [2.45, 2.75) is 19.8 Å². The molecule has 23 heavy (non-hydrogen) atoms. The van der Waals surface area contributed by atoms with E-state index in [-0.39, 0.29) is 11.5 Å². The summed E-state index contributed by atoms with van der Waals surface area (Å²) in [6.45, 7) is 3.76. The molecular weight excluding hydrogens is 310 g/mol. The Labute approximate surface area is 137 Å². The van der Waals surface area contributed by atoms with Crippen LogP contribution in [-0.2, 0) is 0 Å². The highest BCUT2D eigenvalue weighted by molar-refractivity contribution is 7.20.